The predicted molar refractivity (Wildman–Crippen MR) is 119 cm³/mol. The quantitative estimate of drug-likeness (QED) is 0.563. The fraction of sp³-hybridized carbons (Fsp3) is 0.304. The molecule has 0 unspecified atom stereocenters. The number of H-pyrrole nitrogens is 1. The molecule has 1 aromatic carbocycles. The van der Waals surface area contributed by atoms with Crippen molar-refractivity contribution in [3.8, 4) is 22.8 Å². The van der Waals surface area contributed by atoms with Gasteiger partial charge in [-0.05, 0) is 24.1 Å². The molecule has 0 aliphatic carbocycles. The van der Waals surface area contributed by atoms with Crippen molar-refractivity contribution in [1.82, 2.24) is 20.3 Å². The van der Waals surface area contributed by atoms with Crippen molar-refractivity contribution < 1.29 is 9.18 Å². The largest absolute Gasteiger partial charge is 0.352 e. The minimum absolute atomic E-state index is 0.00136. The molecule has 0 saturated carbocycles. The number of pyridine rings is 1. The molecule has 2 heterocycles. The zero-order chi connectivity index (χ0) is 22.5. The number of nitrogens with zero attached hydrogens (tertiary/aromatic N) is 2. The summed E-state index contributed by atoms with van der Waals surface area (Å²) in [6.45, 7) is 5.58. The number of rotatable bonds is 7. The molecule has 3 aromatic rings. The zero-order valence-electron chi connectivity index (χ0n) is 17.6. The second-order valence-corrected chi connectivity index (χ2v) is 7.96. The van der Waals surface area contributed by atoms with Gasteiger partial charge in [0.25, 0.3) is 5.56 Å². The van der Waals surface area contributed by atoms with Crippen LogP contribution >= 0.6 is 11.6 Å². The first-order valence-electron chi connectivity index (χ1n) is 10.1. The van der Waals surface area contributed by atoms with E-state index < -0.39 is 11.4 Å². The minimum Gasteiger partial charge on any atom is -0.352 e. The molecule has 2 N–H and O–H groups in total. The fourth-order valence-electron chi connectivity index (χ4n) is 3.06. The van der Waals surface area contributed by atoms with Crippen LogP contribution in [0.5, 0.6) is 0 Å². The molecule has 0 spiro atoms. The monoisotopic (exact) mass is 442 g/mol. The SMILES string of the molecule is CCCc1ccc(-c2cc(=O)[nH]c(-c3c(Cl)ccc(CNC(=O)C(C)C)c3F)n2)nc1. The lowest BCUT2D eigenvalue weighted by Crippen LogP contribution is -2.27. The molecule has 1 amide bonds. The van der Waals surface area contributed by atoms with Gasteiger partial charge in [0, 0.05) is 30.3 Å². The van der Waals surface area contributed by atoms with Crippen molar-refractivity contribution in [3.05, 3.63) is 68.8 Å². The van der Waals surface area contributed by atoms with Crippen molar-refractivity contribution in [2.75, 3.05) is 0 Å². The van der Waals surface area contributed by atoms with Gasteiger partial charge in [-0.25, -0.2) is 9.37 Å². The minimum atomic E-state index is -0.650. The summed E-state index contributed by atoms with van der Waals surface area (Å²) in [5, 5.41) is 2.78. The summed E-state index contributed by atoms with van der Waals surface area (Å²) in [5.74, 6) is -1.06. The molecule has 0 bridgehead atoms. The number of carbonyl (C=O) groups is 1. The summed E-state index contributed by atoms with van der Waals surface area (Å²) in [7, 11) is 0. The van der Waals surface area contributed by atoms with Gasteiger partial charge in [0.1, 0.15) is 11.6 Å². The molecule has 0 radical (unpaired) electrons. The number of aromatic amines is 1. The van der Waals surface area contributed by atoms with Crippen molar-refractivity contribution in [2.45, 2.75) is 40.2 Å². The van der Waals surface area contributed by atoms with Gasteiger partial charge in [0.05, 0.1) is 22.0 Å². The van der Waals surface area contributed by atoms with E-state index in [4.69, 9.17) is 11.6 Å². The van der Waals surface area contributed by atoms with Gasteiger partial charge in [-0.2, -0.15) is 0 Å². The van der Waals surface area contributed by atoms with Crippen LogP contribution in [0, 0.1) is 11.7 Å². The maximum absolute atomic E-state index is 15.3. The van der Waals surface area contributed by atoms with Crippen LogP contribution in [0.4, 0.5) is 4.39 Å². The van der Waals surface area contributed by atoms with E-state index in [2.05, 4.69) is 27.2 Å². The standard InChI is InChI=1S/C23H24ClFN4O2/c1-4-5-14-6-9-17(26-11-14)18-10-19(30)29-22(28-18)20-16(24)8-7-15(21(20)25)12-27-23(31)13(2)3/h6-11,13H,4-5,12H2,1-3H3,(H,27,31)(H,28,29,30). The Bertz CT molecular complexity index is 1140. The molecular weight excluding hydrogens is 419 g/mol. The van der Waals surface area contributed by atoms with Crippen LogP contribution in [-0.2, 0) is 17.8 Å². The second-order valence-electron chi connectivity index (χ2n) is 7.55. The highest BCUT2D eigenvalue weighted by molar-refractivity contribution is 6.33. The topological polar surface area (TPSA) is 87.7 Å². The zero-order valence-corrected chi connectivity index (χ0v) is 18.4. The maximum atomic E-state index is 15.3. The average Bonchev–Trinajstić information content (AvgIpc) is 2.73. The Morgan fingerprint density at radius 2 is 2.00 bits per heavy atom. The third kappa shape index (κ3) is 5.35. The number of carbonyl (C=O) groups excluding carboxylic acids is 1. The number of benzene rings is 1. The van der Waals surface area contributed by atoms with Gasteiger partial charge in [-0.15, -0.1) is 0 Å². The van der Waals surface area contributed by atoms with E-state index in [0.717, 1.165) is 18.4 Å². The van der Waals surface area contributed by atoms with Crippen LogP contribution in [0.25, 0.3) is 22.8 Å². The van der Waals surface area contributed by atoms with Crippen LogP contribution in [-0.4, -0.2) is 20.9 Å². The fourth-order valence-corrected chi connectivity index (χ4v) is 3.29. The first-order valence-corrected chi connectivity index (χ1v) is 10.5. The van der Waals surface area contributed by atoms with Crippen molar-refractivity contribution >= 4 is 17.5 Å². The number of halogens is 2. The molecule has 0 atom stereocenters. The molecule has 0 aliphatic rings. The van der Waals surface area contributed by atoms with E-state index in [9.17, 15) is 9.59 Å². The third-order valence-electron chi connectivity index (χ3n) is 4.75. The van der Waals surface area contributed by atoms with Crippen LogP contribution < -0.4 is 10.9 Å². The summed E-state index contributed by atoms with van der Waals surface area (Å²) in [6.07, 6.45) is 3.65. The van der Waals surface area contributed by atoms with Crippen molar-refractivity contribution in [1.29, 1.82) is 0 Å². The van der Waals surface area contributed by atoms with E-state index >= 15 is 4.39 Å². The van der Waals surface area contributed by atoms with Crippen LogP contribution in [0.3, 0.4) is 0 Å². The van der Waals surface area contributed by atoms with E-state index in [0.29, 0.717) is 11.4 Å². The van der Waals surface area contributed by atoms with E-state index in [1.807, 2.05) is 6.07 Å². The summed E-state index contributed by atoms with van der Waals surface area (Å²) in [5.41, 5.74) is 1.66. The number of hydrogen-bond acceptors (Lipinski definition) is 4. The summed E-state index contributed by atoms with van der Waals surface area (Å²) in [4.78, 5) is 35.5. The molecule has 6 nitrogen and oxygen atoms in total. The molecular formula is C23H24ClFN4O2. The van der Waals surface area contributed by atoms with E-state index in [1.165, 1.54) is 18.2 Å². The Hall–Kier alpha value is -3.06. The molecule has 0 saturated heterocycles. The van der Waals surface area contributed by atoms with Gasteiger partial charge in [0.15, 0.2) is 0 Å². The number of amides is 1. The van der Waals surface area contributed by atoms with Gasteiger partial charge in [0.2, 0.25) is 5.91 Å². The highest BCUT2D eigenvalue weighted by atomic mass is 35.5. The molecule has 0 fully saturated rings. The van der Waals surface area contributed by atoms with Crippen molar-refractivity contribution in [3.63, 3.8) is 0 Å². The molecule has 0 aliphatic heterocycles. The smallest absolute Gasteiger partial charge is 0.251 e. The average molecular weight is 443 g/mol. The third-order valence-corrected chi connectivity index (χ3v) is 5.07. The summed E-state index contributed by atoms with van der Waals surface area (Å²) < 4.78 is 15.3. The Balaban J connectivity index is 2.00. The normalized spacial score (nSPS) is 11.0. The number of aryl methyl sites for hydroxylation is 1. The highest BCUT2D eigenvalue weighted by Crippen LogP contribution is 2.31. The Morgan fingerprint density at radius 1 is 1.23 bits per heavy atom. The lowest BCUT2D eigenvalue weighted by Gasteiger charge is -2.12. The lowest BCUT2D eigenvalue weighted by atomic mass is 10.1. The molecule has 162 valence electrons. The number of nitrogens with one attached hydrogen (secondary N) is 2. The van der Waals surface area contributed by atoms with Gasteiger partial charge in [-0.1, -0.05) is 50.9 Å². The highest BCUT2D eigenvalue weighted by Gasteiger charge is 2.18. The first-order chi connectivity index (χ1) is 14.8. The molecule has 2 aromatic heterocycles. The Labute approximate surface area is 184 Å². The molecule has 3 rings (SSSR count). The molecule has 31 heavy (non-hydrogen) atoms. The van der Waals surface area contributed by atoms with Gasteiger partial charge >= 0.3 is 0 Å². The lowest BCUT2D eigenvalue weighted by molar-refractivity contribution is -0.124. The molecule has 8 heteroatoms. The number of aromatic nitrogens is 3. The maximum Gasteiger partial charge on any atom is 0.251 e. The van der Waals surface area contributed by atoms with Crippen molar-refractivity contribution in [2.24, 2.45) is 5.92 Å². The van der Waals surface area contributed by atoms with Gasteiger partial charge < -0.3 is 10.3 Å². The van der Waals surface area contributed by atoms with Crippen LogP contribution in [0.15, 0.2) is 41.3 Å². The Kier molecular flexibility index (Phi) is 7.17. The second kappa shape index (κ2) is 9.83. The van der Waals surface area contributed by atoms with E-state index in [1.54, 1.807) is 26.1 Å². The van der Waals surface area contributed by atoms with E-state index in [-0.39, 0.29) is 40.3 Å². The predicted octanol–water partition coefficient (Wildman–Crippen LogP) is 4.52. The number of hydrogen-bond donors (Lipinski definition) is 2. The summed E-state index contributed by atoms with van der Waals surface area (Å²) >= 11 is 6.25. The first kappa shape index (κ1) is 22.6. The Morgan fingerprint density at radius 3 is 2.65 bits per heavy atom. The van der Waals surface area contributed by atoms with Crippen LogP contribution in [0.1, 0.15) is 38.3 Å². The van der Waals surface area contributed by atoms with Gasteiger partial charge in [-0.3, -0.25) is 14.6 Å². The van der Waals surface area contributed by atoms with Crippen LogP contribution in [0.2, 0.25) is 5.02 Å². The summed E-state index contributed by atoms with van der Waals surface area (Å²) in [6, 6.07) is 8.04.